The van der Waals surface area contributed by atoms with Crippen LogP contribution in [0.2, 0.25) is 0 Å². The van der Waals surface area contributed by atoms with Crippen LogP contribution in [0, 0.1) is 11.8 Å². The van der Waals surface area contributed by atoms with Gasteiger partial charge in [-0.1, -0.05) is 13.8 Å². The van der Waals surface area contributed by atoms with Gasteiger partial charge in [-0.25, -0.2) is 0 Å². The molecule has 0 bridgehead atoms. The van der Waals surface area contributed by atoms with Crippen molar-refractivity contribution in [3.8, 4) is 0 Å². The molecule has 0 aliphatic rings. The highest BCUT2D eigenvalue weighted by Gasteiger charge is 2.20. The first-order valence-electron chi connectivity index (χ1n) is 6.17. The van der Waals surface area contributed by atoms with Crippen LogP contribution in [-0.2, 0) is 11.2 Å². The van der Waals surface area contributed by atoms with Gasteiger partial charge in [-0.15, -0.1) is 0 Å². The summed E-state index contributed by atoms with van der Waals surface area (Å²) in [5.74, 6) is -0.661. The Hall–Kier alpha value is -1.32. The molecule has 0 aliphatic carbocycles. The quantitative estimate of drug-likeness (QED) is 0.829. The van der Waals surface area contributed by atoms with Crippen molar-refractivity contribution >= 4 is 5.97 Å². The van der Waals surface area contributed by atoms with Gasteiger partial charge in [0.2, 0.25) is 0 Å². The summed E-state index contributed by atoms with van der Waals surface area (Å²) in [6, 6.07) is 2.23. The van der Waals surface area contributed by atoms with Gasteiger partial charge in [0.1, 0.15) is 0 Å². The third-order valence-corrected chi connectivity index (χ3v) is 2.75. The van der Waals surface area contributed by atoms with Gasteiger partial charge in [0.15, 0.2) is 0 Å². The number of rotatable bonds is 6. The minimum atomic E-state index is -0.724. The van der Waals surface area contributed by atoms with Crippen LogP contribution in [0.3, 0.4) is 0 Å². The first kappa shape index (κ1) is 13.7. The second-order valence-electron chi connectivity index (χ2n) is 5.25. The van der Waals surface area contributed by atoms with Crippen LogP contribution in [0.15, 0.2) is 12.3 Å². The van der Waals surface area contributed by atoms with Gasteiger partial charge in [0.05, 0.1) is 11.6 Å². The molecule has 0 fully saturated rings. The Morgan fingerprint density at radius 2 is 2.06 bits per heavy atom. The zero-order valence-electron chi connectivity index (χ0n) is 11.1. The fourth-order valence-corrected chi connectivity index (χ4v) is 1.87. The number of carboxylic acids is 1. The number of carbonyl (C=O) groups is 1. The molecule has 0 aromatic carbocycles. The largest absolute Gasteiger partial charge is 0.481 e. The molecule has 0 aliphatic heterocycles. The van der Waals surface area contributed by atoms with Crippen LogP contribution < -0.4 is 0 Å². The molecular formula is C13H22N2O2. The average molecular weight is 238 g/mol. The molecule has 1 aromatic rings. The van der Waals surface area contributed by atoms with E-state index in [4.69, 9.17) is 5.11 Å². The summed E-state index contributed by atoms with van der Waals surface area (Å²) >= 11 is 0. The third-order valence-electron chi connectivity index (χ3n) is 2.75. The molecule has 1 rings (SSSR count). The van der Waals surface area contributed by atoms with Crippen LogP contribution in [0.1, 0.15) is 45.9 Å². The number of aromatic nitrogens is 2. The fourth-order valence-electron chi connectivity index (χ4n) is 1.87. The Kier molecular flexibility index (Phi) is 4.73. The maximum atomic E-state index is 11.1. The molecule has 17 heavy (non-hydrogen) atoms. The molecule has 0 saturated carbocycles. The summed E-state index contributed by atoms with van der Waals surface area (Å²) in [5, 5.41) is 13.6. The Morgan fingerprint density at radius 3 is 2.47 bits per heavy atom. The molecule has 1 aromatic heterocycles. The highest BCUT2D eigenvalue weighted by Crippen LogP contribution is 2.17. The second kappa shape index (κ2) is 5.84. The van der Waals surface area contributed by atoms with E-state index >= 15 is 0 Å². The zero-order valence-corrected chi connectivity index (χ0v) is 11.1. The van der Waals surface area contributed by atoms with E-state index in [0.29, 0.717) is 24.8 Å². The Morgan fingerprint density at radius 1 is 1.41 bits per heavy atom. The Bertz CT molecular complexity index is 369. The predicted molar refractivity (Wildman–Crippen MR) is 66.9 cm³/mol. The summed E-state index contributed by atoms with van der Waals surface area (Å²) in [6.07, 6.45) is 3.13. The molecule has 0 spiro atoms. The van der Waals surface area contributed by atoms with E-state index in [1.54, 1.807) is 0 Å². The lowest BCUT2D eigenvalue weighted by atomic mass is 9.93. The molecule has 0 saturated heterocycles. The normalized spacial score (nSPS) is 13.3. The lowest BCUT2D eigenvalue weighted by molar-refractivity contribution is -0.142. The fraction of sp³-hybridized carbons (Fsp3) is 0.692. The zero-order chi connectivity index (χ0) is 13.0. The molecule has 0 radical (unpaired) electrons. The van der Waals surface area contributed by atoms with Crippen molar-refractivity contribution in [3.63, 3.8) is 0 Å². The second-order valence-corrected chi connectivity index (χ2v) is 5.25. The van der Waals surface area contributed by atoms with Gasteiger partial charge in [-0.3, -0.25) is 9.48 Å². The van der Waals surface area contributed by atoms with E-state index in [1.165, 1.54) is 0 Å². The monoisotopic (exact) mass is 238 g/mol. The van der Waals surface area contributed by atoms with Crippen LogP contribution in [-0.4, -0.2) is 20.9 Å². The van der Waals surface area contributed by atoms with Crippen molar-refractivity contribution in [2.45, 2.75) is 46.6 Å². The van der Waals surface area contributed by atoms with Crippen molar-refractivity contribution in [2.75, 3.05) is 0 Å². The maximum Gasteiger partial charge on any atom is 0.306 e. The van der Waals surface area contributed by atoms with Crippen molar-refractivity contribution in [1.29, 1.82) is 0 Å². The van der Waals surface area contributed by atoms with E-state index in [9.17, 15) is 4.79 Å². The Labute approximate surface area is 103 Å². The summed E-state index contributed by atoms with van der Waals surface area (Å²) in [4.78, 5) is 11.1. The van der Waals surface area contributed by atoms with Crippen LogP contribution in [0.25, 0.3) is 0 Å². The first-order valence-corrected chi connectivity index (χ1v) is 6.17. The summed E-state index contributed by atoms with van der Waals surface area (Å²) in [7, 11) is 0. The van der Waals surface area contributed by atoms with Crippen LogP contribution in [0.4, 0.5) is 0 Å². The molecule has 96 valence electrons. The highest BCUT2D eigenvalue weighted by atomic mass is 16.4. The molecule has 4 nitrogen and oxygen atoms in total. The van der Waals surface area contributed by atoms with Crippen LogP contribution in [0.5, 0.6) is 0 Å². The lowest BCUT2D eigenvalue weighted by Crippen LogP contribution is -2.19. The molecule has 4 heteroatoms. The Balaban J connectivity index is 2.68. The maximum absolute atomic E-state index is 11.1. The van der Waals surface area contributed by atoms with E-state index in [2.05, 4.69) is 18.9 Å². The topological polar surface area (TPSA) is 55.1 Å². The predicted octanol–water partition coefficient (Wildman–Crippen LogP) is 2.75. The number of carboxylic acid groups (broad SMARTS) is 1. The number of hydrogen-bond donors (Lipinski definition) is 1. The number of aliphatic carboxylic acids is 1. The third kappa shape index (κ3) is 4.21. The van der Waals surface area contributed by atoms with E-state index in [0.717, 1.165) is 5.69 Å². The van der Waals surface area contributed by atoms with Gasteiger partial charge in [-0.05, 0) is 32.3 Å². The van der Waals surface area contributed by atoms with Gasteiger partial charge in [0.25, 0.3) is 0 Å². The summed E-state index contributed by atoms with van der Waals surface area (Å²) < 4.78 is 1.86. The van der Waals surface area contributed by atoms with E-state index in [-0.39, 0.29) is 5.92 Å². The number of nitrogens with zero attached hydrogens (tertiary/aromatic N) is 2. The molecular weight excluding hydrogens is 216 g/mol. The minimum absolute atomic E-state index is 0.317. The summed E-state index contributed by atoms with van der Waals surface area (Å²) in [6.45, 7) is 8.20. The standard InChI is InChI=1S/C13H22N2O2/c1-9(2)7-11(13(16)17)8-12-5-6-15(14-12)10(3)4/h5-6,9-11H,7-8H2,1-4H3,(H,16,17)/t11-/m0/s1. The molecule has 1 atom stereocenters. The van der Waals surface area contributed by atoms with Gasteiger partial charge >= 0.3 is 5.97 Å². The van der Waals surface area contributed by atoms with Gasteiger partial charge < -0.3 is 5.11 Å². The lowest BCUT2D eigenvalue weighted by Gasteiger charge is -2.13. The molecule has 0 unspecified atom stereocenters. The van der Waals surface area contributed by atoms with Crippen molar-refractivity contribution in [3.05, 3.63) is 18.0 Å². The molecule has 1 heterocycles. The average Bonchev–Trinajstić information content (AvgIpc) is 2.64. The molecule has 1 N–H and O–H groups in total. The summed E-state index contributed by atoms with van der Waals surface area (Å²) in [5.41, 5.74) is 0.867. The van der Waals surface area contributed by atoms with E-state index in [1.807, 2.05) is 30.8 Å². The van der Waals surface area contributed by atoms with Crippen molar-refractivity contribution < 1.29 is 9.90 Å². The molecule has 0 amide bonds. The number of hydrogen-bond acceptors (Lipinski definition) is 2. The van der Waals surface area contributed by atoms with Crippen LogP contribution >= 0.6 is 0 Å². The smallest absolute Gasteiger partial charge is 0.306 e. The SMILES string of the molecule is CC(C)C[C@@H](Cc1ccn(C(C)C)n1)C(=O)O. The highest BCUT2D eigenvalue weighted by molar-refractivity contribution is 5.70. The van der Waals surface area contributed by atoms with Gasteiger partial charge in [0, 0.05) is 18.7 Å². The first-order chi connectivity index (χ1) is 7.90. The van der Waals surface area contributed by atoms with E-state index < -0.39 is 5.97 Å². The van der Waals surface area contributed by atoms with Gasteiger partial charge in [-0.2, -0.15) is 5.10 Å². The van der Waals surface area contributed by atoms with Crippen molar-refractivity contribution in [2.24, 2.45) is 11.8 Å². The minimum Gasteiger partial charge on any atom is -0.481 e. The van der Waals surface area contributed by atoms with Crippen molar-refractivity contribution in [1.82, 2.24) is 9.78 Å².